The maximum absolute atomic E-state index is 11.8. The molecule has 0 aliphatic rings. The molecule has 0 bridgehead atoms. The van der Waals surface area contributed by atoms with Crippen molar-refractivity contribution in [2.45, 2.75) is 13.0 Å². The smallest absolute Gasteiger partial charge is 0.233 e. The van der Waals surface area contributed by atoms with E-state index >= 15 is 0 Å². The highest BCUT2D eigenvalue weighted by Gasteiger charge is 2.17. The minimum atomic E-state index is -3.76. The van der Waals surface area contributed by atoms with Crippen molar-refractivity contribution in [2.24, 2.45) is 0 Å². The van der Waals surface area contributed by atoms with E-state index in [1.165, 1.54) is 13.0 Å². The summed E-state index contributed by atoms with van der Waals surface area (Å²) in [5.74, 6) is -0.959. The summed E-state index contributed by atoms with van der Waals surface area (Å²) in [6.07, 6.45) is 0.153. The lowest BCUT2D eigenvalue weighted by atomic mass is 10.1. The number of para-hydroxylation sites is 1. The molecule has 2 N–H and O–H groups in total. The lowest BCUT2D eigenvalue weighted by molar-refractivity contribution is 0.200. The van der Waals surface area contributed by atoms with Gasteiger partial charge in [-0.3, -0.25) is 4.72 Å². The second-order valence-electron chi connectivity index (χ2n) is 4.31. The van der Waals surface area contributed by atoms with Gasteiger partial charge >= 0.3 is 0 Å². The van der Waals surface area contributed by atoms with Crippen LogP contribution in [0, 0.1) is 0 Å². The number of aliphatic hydroxyl groups excluding tert-OH is 1. The summed E-state index contributed by atoms with van der Waals surface area (Å²) in [6.45, 7) is 1.52. The van der Waals surface area contributed by atoms with Gasteiger partial charge in [-0.15, -0.1) is 0 Å². The molecule has 1 unspecified atom stereocenters. The number of rotatable bonds is 6. The summed E-state index contributed by atoms with van der Waals surface area (Å²) < 4.78 is 47.8. The van der Waals surface area contributed by atoms with Gasteiger partial charge in [0.1, 0.15) is 9.84 Å². The third-order valence-corrected chi connectivity index (χ3v) is 4.88. The van der Waals surface area contributed by atoms with Gasteiger partial charge in [0.2, 0.25) is 10.0 Å². The molecule has 0 amide bonds. The molecule has 0 aromatic heterocycles. The predicted octanol–water partition coefficient (Wildman–Crippen LogP) is 0.526. The van der Waals surface area contributed by atoms with Crippen molar-refractivity contribution in [3.05, 3.63) is 29.8 Å². The van der Waals surface area contributed by atoms with Crippen LogP contribution in [-0.4, -0.2) is 39.7 Å². The molecule has 0 saturated carbocycles. The quantitative estimate of drug-likeness (QED) is 0.798. The number of benzene rings is 1. The third kappa shape index (κ3) is 5.58. The largest absolute Gasteiger partial charge is 0.389 e. The number of nitrogens with one attached hydrogen (secondary N) is 1. The van der Waals surface area contributed by atoms with Crippen LogP contribution in [0.3, 0.4) is 0 Å². The van der Waals surface area contributed by atoms with Crippen molar-refractivity contribution in [3.63, 3.8) is 0 Å². The van der Waals surface area contributed by atoms with Gasteiger partial charge in [-0.1, -0.05) is 18.2 Å². The first-order valence-corrected chi connectivity index (χ1v) is 9.27. The van der Waals surface area contributed by atoms with Gasteiger partial charge in [0.25, 0.3) is 0 Å². The van der Waals surface area contributed by atoms with E-state index in [-0.39, 0.29) is 5.69 Å². The molecule has 0 saturated heterocycles. The first-order chi connectivity index (χ1) is 8.61. The van der Waals surface area contributed by atoms with Gasteiger partial charge < -0.3 is 5.11 Å². The summed E-state index contributed by atoms with van der Waals surface area (Å²) in [7, 11) is -7.11. The van der Waals surface area contributed by atoms with E-state index in [1.807, 2.05) is 0 Å². The maximum atomic E-state index is 11.8. The SMILES string of the molecule is CC(O)c1ccccc1NS(=O)(=O)CCS(C)(=O)=O. The van der Waals surface area contributed by atoms with Crippen LogP contribution in [-0.2, 0) is 19.9 Å². The van der Waals surface area contributed by atoms with Crippen LogP contribution in [0.25, 0.3) is 0 Å². The summed E-state index contributed by atoms with van der Waals surface area (Å²) in [5, 5.41) is 9.53. The van der Waals surface area contributed by atoms with Gasteiger partial charge in [0.15, 0.2) is 0 Å². The molecule has 1 aromatic carbocycles. The number of sulfone groups is 1. The Balaban J connectivity index is 2.90. The normalized spacial score (nSPS) is 14.1. The Bertz CT molecular complexity index is 635. The summed E-state index contributed by atoms with van der Waals surface area (Å²) in [4.78, 5) is 0. The van der Waals surface area contributed by atoms with Crippen LogP contribution in [0.2, 0.25) is 0 Å². The molecule has 8 heteroatoms. The average Bonchev–Trinajstić information content (AvgIpc) is 2.26. The molecule has 1 rings (SSSR count). The van der Waals surface area contributed by atoms with Crippen molar-refractivity contribution < 1.29 is 21.9 Å². The van der Waals surface area contributed by atoms with E-state index in [0.717, 1.165) is 6.26 Å². The van der Waals surface area contributed by atoms with E-state index in [2.05, 4.69) is 4.72 Å². The van der Waals surface area contributed by atoms with Gasteiger partial charge in [0.05, 0.1) is 23.3 Å². The molecule has 1 atom stereocenters. The van der Waals surface area contributed by atoms with Gasteiger partial charge in [-0.2, -0.15) is 0 Å². The van der Waals surface area contributed by atoms with E-state index < -0.39 is 37.5 Å². The molecule has 0 heterocycles. The number of aliphatic hydroxyl groups is 1. The number of sulfonamides is 1. The van der Waals surface area contributed by atoms with Gasteiger partial charge in [-0.25, -0.2) is 16.8 Å². The highest BCUT2D eigenvalue weighted by molar-refractivity contribution is 7.95. The zero-order valence-electron chi connectivity index (χ0n) is 10.7. The van der Waals surface area contributed by atoms with E-state index in [4.69, 9.17) is 0 Å². The van der Waals surface area contributed by atoms with Gasteiger partial charge in [-0.05, 0) is 13.0 Å². The molecular formula is C11H17NO5S2. The average molecular weight is 307 g/mol. The van der Waals surface area contributed by atoms with Crippen molar-refractivity contribution in [2.75, 3.05) is 22.5 Å². The highest BCUT2D eigenvalue weighted by atomic mass is 32.2. The Hall–Kier alpha value is -1.12. The van der Waals surface area contributed by atoms with Crippen LogP contribution in [0.4, 0.5) is 5.69 Å². The molecule has 108 valence electrons. The zero-order valence-corrected chi connectivity index (χ0v) is 12.3. The Labute approximate surface area is 113 Å². The third-order valence-electron chi connectivity index (χ3n) is 2.40. The lowest BCUT2D eigenvalue weighted by Crippen LogP contribution is -2.23. The molecule has 0 fully saturated rings. The predicted molar refractivity (Wildman–Crippen MR) is 74.2 cm³/mol. The fraction of sp³-hybridized carbons (Fsp3) is 0.455. The van der Waals surface area contributed by atoms with Crippen molar-refractivity contribution in [1.29, 1.82) is 0 Å². The van der Waals surface area contributed by atoms with Crippen LogP contribution in [0.5, 0.6) is 0 Å². The summed E-state index contributed by atoms with van der Waals surface area (Å²) in [6, 6.07) is 6.41. The monoisotopic (exact) mass is 307 g/mol. The molecule has 0 spiro atoms. The van der Waals surface area contributed by atoms with Crippen LogP contribution >= 0.6 is 0 Å². The second kappa shape index (κ2) is 5.89. The van der Waals surface area contributed by atoms with Crippen molar-refractivity contribution in [1.82, 2.24) is 0 Å². The first kappa shape index (κ1) is 15.9. The molecular weight excluding hydrogens is 290 g/mol. The van der Waals surface area contributed by atoms with Crippen molar-refractivity contribution in [3.8, 4) is 0 Å². The number of hydrogen-bond acceptors (Lipinski definition) is 5. The Morgan fingerprint density at radius 3 is 2.26 bits per heavy atom. The fourth-order valence-electron chi connectivity index (χ4n) is 1.43. The Morgan fingerprint density at radius 1 is 1.16 bits per heavy atom. The minimum absolute atomic E-state index is 0.256. The minimum Gasteiger partial charge on any atom is -0.389 e. The first-order valence-electron chi connectivity index (χ1n) is 5.56. The van der Waals surface area contributed by atoms with E-state index in [0.29, 0.717) is 5.56 Å². The van der Waals surface area contributed by atoms with Crippen molar-refractivity contribution >= 4 is 25.5 Å². The molecule has 19 heavy (non-hydrogen) atoms. The Morgan fingerprint density at radius 2 is 1.74 bits per heavy atom. The molecule has 0 aliphatic carbocycles. The lowest BCUT2D eigenvalue weighted by Gasteiger charge is -2.13. The zero-order chi connectivity index (χ0) is 14.7. The molecule has 6 nitrogen and oxygen atoms in total. The molecule has 1 aromatic rings. The van der Waals surface area contributed by atoms with Crippen LogP contribution in [0.15, 0.2) is 24.3 Å². The van der Waals surface area contributed by atoms with Crippen LogP contribution < -0.4 is 4.72 Å². The standard InChI is InChI=1S/C11H17NO5S2/c1-9(13)10-5-3-4-6-11(10)12-19(16,17)8-7-18(2,14)15/h3-6,9,12-13H,7-8H2,1-2H3. The maximum Gasteiger partial charge on any atom is 0.233 e. The number of hydrogen-bond donors (Lipinski definition) is 2. The summed E-state index contributed by atoms with van der Waals surface area (Å²) in [5.41, 5.74) is 0.691. The molecule has 0 aliphatic heterocycles. The van der Waals surface area contributed by atoms with E-state index in [1.54, 1.807) is 18.2 Å². The topological polar surface area (TPSA) is 101 Å². The van der Waals surface area contributed by atoms with Gasteiger partial charge in [0, 0.05) is 11.8 Å². The highest BCUT2D eigenvalue weighted by Crippen LogP contribution is 2.23. The Kier molecular flexibility index (Phi) is 4.94. The second-order valence-corrected chi connectivity index (χ2v) is 8.42. The number of anilines is 1. The fourth-order valence-corrected chi connectivity index (χ4v) is 4.15. The molecule has 0 radical (unpaired) electrons. The summed E-state index contributed by atoms with van der Waals surface area (Å²) >= 11 is 0. The van der Waals surface area contributed by atoms with Crippen LogP contribution in [0.1, 0.15) is 18.6 Å². The van der Waals surface area contributed by atoms with E-state index in [9.17, 15) is 21.9 Å².